The summed E-state index contributed by atoms with van der Waals surface area (Å²) < 4.78 is 42.5. The highest BCUT2D eigenvalue weighted by Gasteiger charge is 2.30. The van der Waals surface area contributed by atoms with E-state index in [4.69, 9.17) is 4.84 Å². The monoisotopic (exact) mass is 390 g/mol. The first kappa shape index (κ1) is 18.1. The summed E-state index contributed by atoms with van der Waals surface area (Å²) in [7, 11) is 0. The van der Waals surface area contributed by atoms with Gasteiger partial charge in [0.15, 0.2) is 23.1 Å². The summed E-state index contributed by atoms with van der Waals surface area (Å²) in [5.74, 6) is -2.33. The quantitative estimate of drug-likeness (QED) is 0.669. The van der Waals surface area contributed by atoms with Gasteiger partial charge >= 0.3 is 0 Å². The molecule has 10 heteroatoms. The van der Waals surface area contributed by atoms with Crippen molar-refractivity contribution in [1.29, 1.82) is 0 Å². The molecule has 0 aliphatic carbocycles. The zero-order chi connectivity index (χ0) is 20.1. The molecule has 28 heavy (non-hydrogen) atoms. The van der Waals surface area contributed by atoms with Gasteiger partial charge in [-0.2, -0.15) is 5.10 Å². The maximum atomic E-state index is 14.0. The Labute approximate surface area is 158 Å². The summed E-state index contributed by atoms with van der Waals surface area (Å²) in [5, 5.41) is 14.3. The van der Waals surface area contributed by atoms with Crippen LogP contribution < -0.4 is 10.6 Å². The van der Waals surface area contributed by atoms with Crippen LogP contribution in [0, 0.1) is 17.5 Å². The molecule has 3 aromatic rings. The van der Waals surface area contributed by atoms with Gasteiger partial charge in [-0.25, -0.2) is 22.7 Å². The third kappa shape index (κ3) is 3.21. The van der Waals surface area contributed by atoms with Gasteiger partial charge in [0.25, 0.3) is 0 Å². The molecule has 0 saturated heterocycles. The van der Waals surface area contributed by atoms with Gasteiger partial charge < -0.3 is 15.5 Å². The molecule has 7 nitrogen and oxygen atoms in total. The topological polar surface area (TPSA) is 75.8 Å². The lowest BCUT2D eigenvalue weighted by Gasteiger charge is -2.16. The van der Waals surface area contributed by atoms with E-state index >= 15 is 0 Å². The van der Waals surface area contributed by atoms with Crippen molar-refractivity contribution in [3.8, 4) is 0 Å². The van der Waals surface area contributed by atoms with E-state index in [9.17, 15) is 13.2 Å². The van der Waals surface area contributed by atoms with Gasteiger partial charge in [0.05, 0.1) is 17.8 Å². The van der Waals surface area contributed by atoms with Gasteiger partial charge in [0.2, 0.25) is 5.72 Å². The molecule has 1 aromatic carbocycles. The summed E-state index contributed by atoms with van der Waals surface area (Å²) in [5.41, 5.74) is 0.317. The Bertz CT molecular complexity index is 1090. The molecule has 0 spiro atoms. The number of hydrogen-bond donors (Lipinski definition) is 2. The van der Waals surface area contributed by atoms with E-state index in [1.165, 1.54) is 0 Å². The van der Waals surface area contributed by atoms with Crippen LogP contribution in [-0.2, 0) is 4.84 Å². The minimum Gasteiger partial charge on any atom is -0.366 e. The molecule has 1 aliphatic heterocycles. The van der Waals surface area contributed by atoms with E-state index in [0.29, 0.717) is 28.9 Å². The van der Waals surface area contributed by atoms with Crippen molar-refractivity contribution in [1.82, 2.24) is 19.9 Å². The number of fused-ring (bicyclic) bond motifs is 1. The van der Waals surface area contributed by atoms with Crippen molar-refractivity contribution in [2.75, 3.05) is 5.32 Å². The molecule has 0 radical (unpaired) electrons. The van der Waals surface area contributed by atoms with Gasteiger partial charge in [-0.05, 0) is 32.9 Å². The Morgan fingerprint density at radius 1 is 1.25 bits per heavy atom. The summed E-state index contributed by atoms with van der Waals surface area (Å²) >= 11 is 0. The zero-order valence-electron chi connectivity index (χ0n) is 15.3. The summed E-state index contributed by atoms with van der Waals surface area (Å²) in [4.78, 5) is 9.77. The predicted molar refractivity (Wildman–Crippen MR) is 96.2 cm³/mol. The Balaban J connectivity index is 1.64. The molecular formula is C18H17F3N6O. The van der Waals surface area contributed by atoms with E-state index < -0.39 is 29.2 Å². The van der Waals surface area contributed by atoms with Crippen molar-refractivity contribution < 1.29 is 18.0 Å². The summed E-state index contributed by atoms with van der Waals surface area (Å²) in [6.45, 7) is 5.23. The number of amidine groups is 1. The second-order valence-corrected chi connectivity index (χ2v) is 6.96. The van der Waals surface area contributed by atoms with Crippen LogP contribution in [0.2, 0.25) is 0 Å². The van der Waals surface area contributed by atoms with Crippen molar-refractivity contribution >= 4 is 17.3 Å². The smallest absolute Gasteiger partial charge is 0.203 e. The Hall–Kier alpha value is -3.30. The van der Waals surface area contributed by atoms with Crippen LogP contribution in [0.5, 0.6) is 0 Å². The molecular weight excluding hydrogens is 373 g/mol. The normalized spacial score (nSPS) is 16.4. The fraction of sp³-hybridized carbons (Fsp3) is 0.278. The number of benzene rings is 1. The van der Waals surface area contributed by atoms with E-state index in [-0.39, 0.29) is 5.56 Å². The molecule has 1 atom stereocenters. The molecule has 2 aromatic heterocycles. The number of oxime groups is 1. The highest BCUT2D eigenvalue weighted by Crippen LogP contribution is 2.25. The maximum absolute atomic E-state index is 14.0. The van der Waals surface area contributed by atoms with Crippen LogP contribution in [0.15, 0.2) is 35.7 Å². The van der Waals surface area contributed by atoms with Gasteiger partial charge in [-0.3, -0.25) is 0 Å². The number of halogens is 3. The average molecular weight is 390 g/mol. The van der Waals surface area contributed by atoms with E-state index in [1.54, 1.807) is 29.9 Å². The number of hydrogen-bond acceptors (Lipinski definition) is 6. The molecule has 2 N–H and O–H groups in total. The molecule has 3 heterocycles. The number of aromatic nitrogens is 3. The van der Waals surface area contributed by atoms with Crippen LogP contribution in [-0.4, -0.2) is 26.2 Å². The maximum Gasteiger partial charge on any atom is 0.203 e. The van der Waals surface area contributed by atoms with Crippen molar-refractivity contribution in [3.05, 3.63) is 59.2 Å². The van der Waals surface area contributed by atoms with E-state index in [2.05, 4.69) is 25.9 Å². The highest BCUT2D eigenvalue weighted by molar-refractivity contribution is 6.04. The number of anilines is 1. The zero-order valence-corrected chi connectivity index (χ0v) is 15.3. The van der Waals surface area contributed by atoms with E-state index in [0.717, 1.165) is 6.07 Å². The van der Waals surface area contributed by atoms with Gasteiger partial charge in [-0.1, -0.05) is 5.16 Å². The molecule has 4 rings (SSSR count). The summed E-state index contributed by atoms with van der Waals surface area (Å²) in [6, 6.07) is 2.36. The van der Waals surface area contributed by atoms with E-state index in [1.807, 2.05) is 13.8 Å². The highest BCUT2D eigenvalue weighted by atomic mass is 19.2. The molecule has 1 aliphatic rings. The second-order valence-electron chi connectivity index (χ2n) is 6.96. The molecule has 0 fully saturated rings. The molecule has 0 saturated carbocycles. The molecule has 0 unspecified atom stereocenters. The number of rotatable bonds is 4. The molecule has 0 bridgehead atoms. The minimum absolute atomic E-state index is 0.134. The SMILES string of the molecule is C[C@@H](Nc1ccn2ncc(C3=NOC(C)(C)N3)c2n1)c1cc(F)cc(F)c1F. The fourth-order valence-electron chi connectivity index (χ4n) is 2.91. The lowest BCUT2D eigenvalue weighted by atomic mass is 10.1. The third-order valence-corrected chi connectivity index (χ3v) is 4.26. The van der Waals surface area contributed by atoms with Crippen molar-refractivity contribution in [3.63, 3.8) is 0 Å². The van der Waals surface area contributed by atoms with Crippen LogP contribution in [0.3, 0.4) is 0 Å². The van der Waals surface area contributed by atoms with Crippen LogP contribution in [0.4, 0.5) is 19.0 Å². The van der Waals surface area contributed by atoms with Crippen molar-refractivity contribution in [2.24, 2.45) is 5.16 Å². The van der Waals surface area contributed by atoms with Crippen molar-refractivity contribution in [2.45, 2.75) is 32.5 Å². The van der Waals surface area contributed by atoms with Gasteiger partial charge in [-0.15, -0.1) is 0 Å². The molecule has 146 valence electrons. The fourth-order valence-corrected chi connectivity index (χ4v) is 2.91. The van der Waals surface area contributed by atoms with Gasteiger partial charge in [0, 0.05) is 17.8 Å². The lowest BCUT2D eigenvalue weighted by Crippen LogP contribution is -2.38. The van der Waals surface area contributed by atoms with Crippen LogP contribution >= 0.6 is 0 Å². The third-order valence-electron chi connectivity index (χ3n) is 4.26. The Kier molecular flexibility index (Phi) is 4.13. The average Bonchev–Trinajstić information content (AvgIpc) is 3.20. The first-order chi connectivity index (χ1) is 13.2. The molecule has 0 amide bonds. The standard InChI is InChI=1S/C18H17F3N6O/c1-9(11-6-10(19)7-13(20)15(11)21)23-14-4-5-27-17(24-14)12(8-22-27)16-25-18(2,3)28-26-16/h4-9H,1-3H3,(H,23,24)(H,25,26)/t9-/m1/s1. The first-order valence-electron chi connectivity index (χ1n) is 8.53. The van der Waals surface area contributed by atoms with Gasteiger partial charge in [0.1, 0.15) is 11.6 Å². The summed E-state index contributed by atoms with van der Waals surface area (Å²) in [6.07, 6.45) is 3.25. The number of nitrogens with zero attached hydrogens (tertiary/aromatic N) is 4. The lowest BCUT2D eigenvalue weighted by molar-refractivity contribution is -0.00234. The number of nitrogens with one attached hydrogen (secondary N) is 2. The Morgan fingerprint density at radius 2 is 2.04 bits per heavy atom. The Morgan fingerprint density at radius 3 is 2.75 bits per heavy atom. The predicted octanol–water partition coefficient (Wildman–Crippen LogP) is 3.34. The second kappa shape index (κ2) is 6.39. The largest absolute Gasteiger partial charge is 0.366 e. The minimum atomic E-state index is -1.24. The van der Waals surface area contributed by atoms with Crippen LogP contribution in [0.25, 0.3) is 5.65 Å². The first-order valence-corrected chi connectivity index (χ1v) is 8.53. The van der Waals surface area contributed by atoms with Crippen LogP contribution in [0.1, 0.15) is 37.9 Å².